The first kappa shape index (κ1) is 13.5. The molecule has 0 aliphatic rings. The van der Waals surface area contributed by atoms with Crippen LogP contribution in [0, 0.1) is 5.82 Å². The summed E-state index contributed by atoms with van der Waals surface area (Å²) in [6.45, 7) is 0. The lowest BCUT2D eigenvalue weighted by Gasteiger charge is -2.08. The van der Waals surface area contributed by atoms with E-state index in [2.05, 4.69) is 0 Å². The zero-order chi connectivity index (χ0) is 15.0. The Balaban J connectivity index is 2.03. The van der Waals surface area contributed by atoms with Crippen LogP contribution >= 0.6 is 11.6 Å². The van der Waals surface area contributed by atoms with E-state index in [1.807, 2.05) is 0 Å². The van der Waals surface area contributed by atoms with E-state index in [0.29, 0.717) is 5.39 Å². The maximum atomic E-state index is 13.9. The monoisotopic (exact) mass is 306 g/mol. The third kappa shape index (κ3) is 2.43. The summed E-state index contributed by atoms with van der Waals surface area (Å²) >= 11 is 5.85. The lowest BCUT2D eigenvalue weighted by molar-refractivity contribution is 0.0697. The van der Waals surface area contributed by atoms with Crippen molar-refractivity contribution >= 4 is 28.5 Å². The summed E-state index contributed by atoms with van der Waals surface area (Å²) < 4.78 is 24.5. The molecule has 0 aliphatic carbocycles. The average molecular weight is 307 g/mol. The Kier molecular flexibility index (Phi) is 3.27. The van der Waals surface area contributed by atoms with Crippen molar-refractivity contribution in [2.75, 3.05) is 0 Å². The molecule has 2 aromatic carbocycles. The Morgan fingerprint density at radius 2 is 2.05 bits per heavy atom. The van der Waals surface area contributed by atoms with Crippen LogP contribution in [0.5, 0.6) is 11.5 Å². The molecule has 1 N–H and O–H groups in total. The van der Waals surface area contributed by atoms with E-state index in [9.17, 15) is 9.18 Å². The number of ether oxygens (including phenoxy) is 1. The molecule has 3 rings (SSSR count). The van der Waals surface area contributed by atoms with Crippen molar-refractivity contribution in [3.05, 3.63) is 59.1 Å². The van der Waals surface area contributed by atoms with Crippen molar-refractivity contribution in [3.63, 3.8) is 0 Å². The highest BCUT2D eigenvalue weighted by atomic mass is 35.5. The number of benzene rings is 2. The summed E-state index contributed by atoms with van der Waals surface area (Å²) in [6, 6.07) is 8.52. The van der Waals surface area contributed by atoms with Gasteiger partial charge in [0.1, 0.15) is 5.75 Å². The molecular formula is C15H8ClFO4. The second-order valence-electron chi connectivity index (χ2n) is 4.26. The summed E-state index contributed by atoms with van der Waals surface area (Å²) in [5, 5.41) is 9.60. The lowest BCUT2D eigenvalue weighted by Crippen LogP contribution is -1.97. The first-order valence-electron chi connectivity index (χ1n) is 5.92. The number of aromatic carboxylic acids is 1. The fourth-order valence-electron chi connectivity index (χ4n) is 1.93. The molecule has 1 heterocycles. The Labute approximate surface area is 123 Å². The quantitative estimate of drug-likeness (QED) is 0.761. The number of rotatable bonds is 3. The van der Waals surface area contributed by atoms with Crippen LogP contribution in [0.1, 0.15) is 10.4 Å². The number of carboxylic acid groups (broad SMARTS) is 1. The molecule has 0 bridgehead atoms. The van der Waals surface area contributed by atoms with E-state index in [1.54, 1.807) is 12.1 Å². The van der Waals surface area contributed by atoms with Gasteiger partial charge in [-0.15, -0.1) is 0 Å². The maximum Gasteiger partial charge on any atom is 0.337 e. The molecule has 1 aromatic heterocycles. The van der Waals surface area contributed by atoms with Crippen LogP contribution in [0.3, 0.4) is 0 Å². The van der Waals surface area contributed by atoms with Gasteiger partial charge in [0, 0.05) is 11.5 Å². The highest BCUT2D eigenvalue weighted by Gasteiger charge is 2.15. The van der Waals surface area contributed by atoms with Crippen LogP contribution < -0.4 is 4.74 Å². The number of hydrogen-bond acceptors (Lipinski definition) is 3. The van der Waals surface area contributed by atoms with Gasteiger partial charge in [0.15, 0.2) is 11.4 Å². The molecule has 3 aromatic rings. The zero-order valence-electron chi connectivity index (χ0n) is 10.5. The van der Waals surface area contributed by atoms with E-state index in [0.717, 1.165) is 0 Å². The summed E-state index contributed by atoms with van der Waals surface area (Å²) in [5.41, 5.74) is 0.217. The van der Waals surface area contributed by atoms with Crippen LogP contribution in [-0.4, -0.2) is 11.1 Å². The number of fused-ring (bicyclic) bond motifs is 1. The fraction of sp³-hybridized carbons (Fsp3) is 0. The van der Waals surface area contributed by atoms with Crippen molar-refractivity contribution in [1.82, 2.24) is 0 Å². The first-order chi connectivity index (χ1) is 10.1. The van der Waals surface area contributed by atoms with Gasteiger partial charge in [-0.25, -0.2) is 9.18 Å². The number of carboxylic acids is 1. The third-order valence-corrected chi connectivity index (χ3v) is 3.23. The Hall–Kier alpha value is -2.53. The van der Waals surface area contributed by atoms with Crippen LogP contribution in [0.15, 0.2) is 47.1 Å². The van der Waals surface area contributed by atoms with Gasteiger partial charge in [0.25, 0.3) is 0 Å². The summed E-state index contributed by atoms with van der Waals surface area (Å²) in [4.78, 5) is 10.9. The minimum atomic E-state index is -1.15. The van der Waals surface area contributed by atoms with Gasteiger partial charge in [0.05, 0.1) is 16.8 Å². The van der Waals surface area contributed by atoms with Crippen molar-refractivity contribution < 1.29 is 23.4 Å². The molecule has 0 saturated carbocycles. The molecule has 0 aliphatic heterocycles. The number of halogens is 2. The topological polar surface area (TPSA) is 59.7 Å². The molecule has 0 saturated heterocycles. The predicted molar refractivity (Wildman–Crippen MR) is 74.7 cm³/mol. The molecule has 0 radical (unpaired) electrons. The molecule has 0 unspecified atom stereocenters. The van der Waals surface area contributed by atoms with Crippen LogP contribution in [0.2, 0.25) is 5.02 Å². The van der Waals surface area contributed by atoms with Crippen LogP contribution in [0.25, 0.3) is 11.0 Å². The highest BCUT2D eigenvalue weighted by molar-refractivity contribution is 6.33. The van der Waals surface area contributed by atoms with Gasteiger partial charge in [0.2, 0.25) is 5.75 Å². The Morgan fingerprint density at radius 3 is 2.76 bits per heavy atom. The van der Waals surface area contributed by atoms with Crippen molar-refractivity contribution in [2.24, 2.45) is 0 Å². The van der Waals surface area contributed by atoms with Gasteiger partial charge >= 0.3 is 5.97 Å². The number of carbonyl (C=O) groups is 1. The predicted octanol–water partition coefficient (Wildman–Crippen LogP) is 4.72. The molecule has 6 heteroatoms. The van der Waals surface area contributed by atoms with Crippen LogP contribution in [0.4, 0.5) is 4.39 Å². The highest BCUT2D eigenvalue weighted by Crippen LogP contribution is 2.34. The van der Waals surface area contributed by atoms with Gasteiger partial charge in [-0.3, -0.25) is 0 Å². The number of hydrogen-bond donors (Lipinski definition) is 1. The minimum Gasteiger partial charge on any atom is -0.478 e. The molecule has 106 valence electrons. The minimum absolute atomic E-state index is 0.00651. The zero-order valence-corrected chi connectivity index (χ0v) is 11.2. The Morgan fingerprint density at radius 1 is 1.24 bits per heavy atom. The van der Waals surface area contributed by atoms with Gasteiger partial charge in [-0.1, -0.05) is 11.6 Å². The molecular weight excluding hydrogens is 299 g/mol. The summed E-state index contributed by atoms with van der Waals surface area (Å²) in [7, 11) is 0. The van der Waals surface area contributed by atoms with E-state index < -0.39 is 11.8 Å². The van der Waals surface area contributed by atoms with Gasteiger partial charge < -0.3 is 14.3 Å². The molecule has 0 amide bonds. The normalized spacial score (nSPS) is 10.8. The maximum absolute atomic E-state index is 13.9. The van der Waals surface area contributed by atoms with E-state index >= 15 is 0 Å². The van der Waals surface area contributed by atoms with E-state index in [1.165, 1.54) is 30.5 Å². The average Bonchev–Trinajstić information content (AvgIpc) is 2.90. The SMILES string of the molecule is O=C(O)c1ccc(Oc2c(F)ccc3ccoc23)cc1Cl. The van der Waals surface area contributed by atoms with E-state index in [4.69, 9.17) is 25.9 Å². The molecule has 4 nitrogen and oxygen atoms in total. The van der Waals surface area contributed by atoms with Gasteiger partial charge in [-0.05, 0) is 30.3 Å². The third-order valence-electron chi connectivity index (χ3n) is 2.92. The Bertz CT molecular complexity index is 841. The second kappa shape index (κ2) is 5.10. The lowest BCUT2D eigenvalue weighted by atomic mass is 10.2. The van der Waals surface area contributed by atoms with Crippen molar-refractivity contribution in [3.8, 4) is 11.5 Å². The van der Waals surface area contributed by atoms with Crippen LogP contribution in [-0.2, 0) is 0 Å². The summed E-state index contributed by atoms with van der Waals surface area (Å²) in [5.74, 6) is -1.59. The van der Waals surface area contributed by atoms with Crippen molar-refractivity contribution in [1.29, 1.82) is 0 Å². The van der Waals surface area contributed by atoms with E-state index in [-0.39, 0.29) is 27.7 Å². The first-order valence-corrected chi connectivity index (χ1v) is 6.30. The standard InChI is InChI=1S/C15H8ClFO4/c16-11-7-9(2-3-10(11)15(18)19)21-14-12(17)4-1-8-5-6-20-13(8)14/h1-7H,(H,18,19). The smallest absolute Gasteiger partial charge is 0.337 e. The molecule has 0 atom stereocenters. The fourth-order valence-corrected chi connectivity index (χ4v) is 2.18. The van der Waals surface area contributed by atoms with Gasteiger partial charge in [-0.2, -0.15) is 0 Å². The molecule has 21 heavy (non-hydrogen) atoms. The molecule has 0 fully saturated rings. The molecule has 0 spiro atoms. The summed E-state index contributed by atoms with van der Waals surface area (Å²) in [6.07, 6.45) is 1.43. The second-order valence-corrected chi connectivity index (χ2v) is 4.67. The largest absolute Gasteiger partial charge is 0.478 e. The van der Waals surface area contributed by atoms with Crippen molar-refractivity contribution in [2.45, 2.75) is 0 Å². The number of furan rings is 1.